The first-order chi connectivity index (χ1) is 17.1. The smallest absolute Gasteiger partial charge is 0.371 e. The van der Waals surface area contributed by atoms with Gasteiger partial charge in [-0.1, -0.05) is 29.8 Å². The summed E-state index contributed by atoms with van der Waals surface area (Å²) >= 11 is 6.15. The highest BCUT2D eigenvalue weighted by Gasteiger charge is 2.35. The SMILES string of the molecule is CN(c1cc(C(F)(F)F)nc2ccc(Cl)cc12)C1CCC(NC(=O)c2c3ccccc3nn2C)CC1. The molecule has 1 amide bonds. The van der Waals surface area contributed by atoms with Crippen molar-refractivity contribution >= 4 is 45.0 Å². The zero-order chi connectivity index (χ0) is 25.6. The molecule has 36 heavy (non-hydrogen) atoms. The summed E-state index contributed by atoms with van der Waals surface area (Å²) in [4.78, 5) is 18.7. The van der Waals surface area contributed by atoms with Crippen LogP contribution in [0.15, 0.2) is 48.5 Å². The number of fused-ring (bicyclic) bond motifs is 2. The lowest BCUT2D eigenvalue weighted by molar-refractivity contribution is -0.140. The van der Waals surface area contributed by atoms with E-state index in [9.17, 15) is 18.0 Å². The third kappa shape index (κ3) is 4.59. The summed E-state index contributed by atoms with van der Waals surface area (Å²) in [7, 11) is 3.56. The quantitative estimate of drug-likeness (QED) is 0.363. The second-order valence-electron chi connectivity index (χ2n) is 9.27. The lowest BCUT2D eigenvalue weighted by Crippen LogP contribution is -2.43. The number of nitrogens with zero attached hydrogens (tertiary/aromatic N) is 4. The molecule has 2 aromatic carbocycles. The van der Waals surface area contributed by atoms with Gasteiger partial charge in [-0.05, 0) is 56.0 Å². The number of carbonyl (C=O) groups is 1. The summed E-state index contributed by atoms with van der Waals surface area (Å²) in [6.45, 7) is 0. The molecular formula is C26H25ClF3N5O. The van der Waals surface area contributed by atoms with Gasteiger partial charge < -0.3 is 10.2 Å². The minimum atomic E-state index is -4.55. The Labute approximate surface area is 211 Å². The van der Waals surface area contributed by atoms with Crippen LogP contribution in [0, 0.1) is 0 Å². The third-order valence-electron chi connectivity index (χ3n) is 6.95. The van der Waals surface area contributed by atoms with E-state index < -0.39 is 11.9 Å². The van der Waals surface area contributed by atoms with E-state index in [1.807, 2.05) is 29.2 Å². The molecule has 1 aliphatic carbocycles. The fourth-order valence-electron chi connectivity index (χ4n) is 5.09. The van der Waals surface area contributed by atoms with E-state index in [0.29, 0.717) is 34.6 Å². The second-order valence-corrected chi connectivity index (χ2v) is 9.70. The number of hydrogen-bond acceptors (Lipinski definition) is 4. The molecule has 1 saturated carbocycles. The number of rotatable bonds is 4. The number of amides is 1. The van der Waals surface area contributed by atoms with Gasteiger partial charge in [-0.25, -0.2) is 4.98 Å². The van der Waals surface area contributed by atoms with Crippen LogP contribution in [0.2, 0.25) is 5.02 Å². The Kier molecular flexibility index (Phi) is 6.28. The summed E-state index contributed by atoms with van der Waals surface area (Å²) in [6, 6.07) is 13.3. The van der Waals surface area contributed by atoms with Gasteiger partial charge in [0.2, 0.25) is 0 Å². The minimum absolute atomic E-state index is 0.0151. The monoisotopic (exact) mass is 515 g/mol. The van der Waals surface area contributed by atoms with E-state index >= 15 is 0 Å². The number of carbonyl (C=O) groups excluding carboxylic acids is 1. The van der Waals surface area contributed by atoms with Crippen molar-refractivity contribution in [3.63, 3.8) is 0 Å². The Bertz CT molecular complexity index is 1440. The molecule has 0 aliphatic heterocycles. The maximum absolute atomic E-state index is 13.5. The van der Waals surface area contributed by atoms with Gasteiger partial charge in [-0.2, -0.15) is 18.3 Å². The van der Waals surface area contributed by atoms with Crippen molar-refractivity contribution in [3.8, 4) is 0 Å². The molecule has 0 bridgehead atoms. The predicted octanol–water partition coefficient (Wildman–Crippen LogP) is 5.97. The van der Waals surface area contributed by atoms with Crippen molar-refractivity contribution in [2.75, 3.05) is 11.9 Å². The second kappa shape index (κ2) is 9.28. The number of alkyl halides is 3. The number of halogens is 4. The van der Waals surface area contributed by atoms with E-state index in [1.165, 1.54) is 6.07 Å². The largest absolute Gasteiger partial charge is 0.433 e. The molecule has 0 saturated heterocycles. The van der Waals surface area contributed by atoms with Crippen LogP contribution in [0.5, 0.6) is 0 Å². The molecule has 0 unspecified atom stereocenters. The maximum Gasteiger partial charge on any atom is 0.433 e. The van der Waals surface area contributed by atoms with Crippen molar-refractivity contribution < 1.29 is 18.0 Å². The summed E-state index contributed by atoms with van der Waals surface area (Å²) in [5, 5.41) is 9.35. The van der Waals surface area contributed by atoms with E-state index in [-0.39, 0.29) is 23.5 Å². The molecule has 10 heteroatoms. The van der Waals surface area contributed by atoms with Crippen molar-refractivity contribution in [1.82, 2.24) is 20.1 Å². The van der Waals surface area contributed by atoms with Crippen LogP contribution in [0.1, 0.15) is 41.9 Å². The molecular weight excluding hydrogens is 491 g/mol. The maximum atomic E-state index is 13.5. The van der Waals surface area contributed by atoms with E-state index in [4.69, 9.17) is 11.6 Å². The molecule has 6 nitrogen and oxygen atoms in total. The van der Waals surface area contributed by atoms with Crippen LogP contribution in [0.4, 0.5) is 18.9 Å². The molecule has 2 heterocycles. The average molecular weight is 516 g/mol. The van der Waals surface area contributed by atoms with Crippen LogP contribution < -0.4 is 10.2 Å². The number of benzene rings is 2. The molecule has 0 radical (unpaired) electrons. The Hall–Kier alpha value is -3.33. The number of aryl methyl sites for hydroxylation is 1. The minimum Gasteiger partial charge on any atom is -0.371 e. The fraction of sp³-hybridized carbons (Fsp3) is 0.346. The topological polar surface area (TPSA) is 63.1 Å². The van der Waals surface area contributed by atoms with Crippen LogP contribution in [-0.4, -0.2) is 39.8 Å². The van der Waals surface area contributed by atoms with Gasteiger partial charge in [0.05, 0.1) is 11.0 Å². The van der Waals surface area contributed by atoms with Gasteiger partial charge in [0.25, 0.3) is 5.91 Å². The van der Waals surface area contributed by atoms with Gasteiger partial charge in [0.15, 0.2) is 0 Å². The zero-order valence-corrected chi connectivity index (χ0v) is 20.6. The molecule has 0 atom stereocenters. The lowest BCUT2D eigenvalue weighted by Gasteiger charge is -2.37. The first-order valence-electron chi connectivity index (χ1n) is 11.7. The Morgan fingerprint density at radius 2 is 1.78 bits per heavy atom. The summed E-state index contributed by atoms with van der Waals surface area (Å²) < 4.78 is 42.2. The summed E-state index contributed by atoms with van der Waals surface area (Å²) in [5.74, 6) is -0.174. The van der Waals surface area contributed by atoms with Gasteiger partial charge in [-0.15, -0.1) is 0 Å². The van der Waals surface area contributed by atoms with Gasteiger partial charge >= 0.3 is 6.18 Å². The number of hydrogen-bond donors (Lipinski definition) is 1. The van der Waals surface area contributed by atoms with E-state index in [1.54, 1.807) is 30.9 Å². The first kappa shape index (κ1) is 24.4. The number of anilines is 1. The van der Waals surface area contributed by atoms with Gasteiger partial charge in [0, 0.05) is 47.7 Å². The van der Waals surface area contributed by atoms with E-state index in [0.717, 1.165) is 29.8 Å². The molecule has 1 N–H and O–H groups in total. The highest BCUT2D eigenvalue weighted by atomic mass is 35.5. The Balaban J connectivity index is 1.32. The Morgan fingerprint density at radius 3 is 2.50 bits per heavy atom. The predicted molar refractivity (Wildman–Crippen MR) is 134 cm³/mol. The molecule has 1 fully saturated rings. The lowest BCUT2D eigenvalue weighted by atomic mass is 9.89. The molecule has 5 rings (SSSR count). The first-order valence-corrected chi connectivity index (χ1v) is 12.1. The normalized spacial score (nSPS) is 18.5. The van der Waals surface area contributed by atoms with Crippen molar-refractivity contribution in [3.05, 3.63) is 64.9 Å². The molecule has 188 valence electrons. The highest BCUT2D eigenvalue weighted by molar-refractivity contribution is 6.31. The van der Waals surface area contributed by atoms with Crippen LogP contribution in [0.3, 0.4) is 0 Å². The molecule has 2 aromatic heterocycles. The van der Waals surface area contributed by atoms with Crippen LogP contribution in [0.25, 0.3) is 21.8 Å². The van der Waals surface area contributed by atoms with Crippen molar-refractivity contribution in [2.45, 2.75) is 43.9 Å². The standard InChI is InChI=1S/C26H25ClF3N5O/c1-34(22-14-23(26(28,29)30)32-20-12-7-15(27)13-19(20)22)17-10-8-16(9-11-17)31-25(36)24-18-5-3-4-6-21(18)33-35(24)2/h3-7,12-14,16-17H,8-11H2,1-2H3,(H,31,36). The fourth-order valence-corrected chi connectivity index (χ4v) is 5.26. The molecule has 1 aliphatic rings. The van der Waals surface area contributed by atoms with Gasteiger partial charge in [-0.3, -0.25) is 9.48 Å². The summed E-state index contributed by atoms with van der Waals surface area (Å²) in [5.41, 5.74) is 1.05. The van der Waals surface area contributed by atoms with E-state index in [2.05, 4.69) is 15.4 Å². The number of nitrogens with one attached hydrogen (secondary N) is 1. The third-order valence-corrected chi connectivity index (χ3v) is 7.19. The zero-order valence-electron chi connectivity index (χ0n) is 19.8. The van der Waals surface area contributed by atoms with Crippen LogP contribution in [-0.2, 0) is 13.2 Å². The van der Waals surface area contributed by atoms with Crippen LogP contribution >= 0.6 is 11.6 Å². The van der Waals surface area contributed by atoms with Crippen molar-refractivity contribution in [1.29, 1.82) is 0 Å². The highest BCUT2D eigenvalue weighted by Crippen LogP contribution is 2.37. The summed E-state index contributed by atoms with van der Waals surface area (Å²) in [6.07, 6.45) is -1.68. The van der Waals surface area contributed by atoms with Crippen molar-refractivity contribution in [2.24, 2.45) is 7.05 Å². The van der Waals surface area contributed by atoms with Gasteiger partial charge in [0.1, 0.15) is 11.4 Å². The molecule has 0 spiro atoms. The number of pyridine rings is 1. The Morgan fingerprint density at radius 1 is 1.06 bits per heavy atom. The number of aromatic nitrogens is 3. The average Bonchev–Trinajstić information content (AvgIpc) is 3.18. The molecule has 4 aromatic rings.